The number of amides is 1. The van der Waals surface area contributed by atoms with E-state index in [4.69, 9.17) is 5.11 Å². The smallest absolute Gasteiger partial charge is 0.303 e. The first-order chi connectivity index (χ1) is 16.9. The Morgan fingerprint density at radius 3 is 2.54 bits per heavy atom. The number of aliphatic carboxylic acids is 1. The fourth-order valence-corrected chi connectivity index (χ4v) is 5.97. The zero-order chi connectivity index (χ0) is 24.4. The number of carbonyl (C=O) groups is 2. The van der Waals surface area contributed by atoms with E-state index in [9.17, 15) is 9.59 Å². The van der Waals surface area contributed by atoms with Crippen molar-refractivity contribution in [2.24, 2.45) is 5.92 Å². The molecule has 1 fully saturated rings. The van der Waals surface area contributed by atoms with Crippen LogP contribution in [0.2, 0.25) is 0 Å². The lowest BCUT2D eigenvalue weighted by Crippen LogP contribution is -2.23. The summed E-state index contributed by atoms with van der Waals surface area (Å²) in [7, 11) is 0. The number of aromatic nitrogens is 2. The van der Waals surface area contributed by atoms with Gasteiger partial charge < -0.3 is 10.4 Å². The number of imidazole rings is 1. The van der Waals surface area contributed by atoms with Crippen molar-refractivity contribution < 1.29 is 14.7 Å². The number of aryl methyl sites for hydroxylation is 1. The molecule has 0 radical (unpaired) electrons. The number of hydrogen-bond donors (Lipinski definition) is 2. The number of nitrogens with zero attached hydrogens (tertiary/aromatic N) is 2. The van der Waals surface area contributed by atoms with Crippen LogP contribution in [0.25, 0.3) is 15.4 Å². The predicted molar refractivity (Wildman–Crippen MR) is 138 cm³/mol. The average molecular weight is 488 g/mol. The fourth-order valence-electron chi connectivity index (χ4n) is 5.00. The van der Waals surface area contributed by atoms with Crippen LogP contribution in [0.1, 0.15) is 65.2 Å². The number of hydrogen-bond acceptors (Lipinski definition) is 4. The monoisotopic (exact) mass is 487 g/mol. The van der Waals surface area contributed by atoms with E-state index >= 15 is 0 Å². The van der Waals surface area contributed by atoms with Gasteiger partial charge in [0.05, 0.1) is 4.88 Å². The molecule has 0 bridgehead atoms. The Morgan fingerprint density at radius 2 is 1.86 bits per heavy atom. The molecule has 4 aromatic rings. The van der Waals surface area contributed by atoms with Crippen molar-refractivity contribution in [1.29, 1.82) is 0 Å². The number of rotatable bonds is 7. The first-order valence-corrected chi connectivity index (χ1v) is 12.9. The summed E-state index contributed by atoms with van der Waals surface area (Å²) >= 11 is 1.57. The fraction of sp³-hybridized carbons (Fsp3) is 0.321. The molecule has 35 heavy (non-hydrogen) atoms. The van der Waals surface area contributed by atoms with Crippen molar-refractivity contribution in [3.05, 3.63) is 83.3 Å². The largest absolute Gasteiger partial charge is 0.481 e. The molecule has 0 aliphatic heterocycles. The lowest BCUT2D eigenvalue weighted by atomic mass is 9.77. The van der Waals surface area contributed by atoms with Gasteiger partial charge in [0.15, 0.2) is 4.96 Å². The van der Waals surface area contributed by atoms with E-state index in [0.29, 0.717) is 30.5 Å². The van der Waals surface area contributed by atoms with Crippen molar-refractivity contribution in [2.75, 3.05) is 0 Å². The van der Waals surface area contributed by atoms with E-state index in [1.807, 2.05) is 35.7 Å². The Labute approximate surface area is 208 Å². The van der Waals surface area contributed by atoms with Crippen molar-refractivity contribution in [3.8, 4) is 10.4 Å². The molecule has 1 saturated carbocycles. The molecule has 2 aromatic carbocycles. The van der Waals surface area contributed by atoms with Crippen molar-refractivity contribution in [1.82, 2.24) is 14.7 Å². The normalized spacial score (nSPS) is 18.0. The van der Waals surface area contributed by atoms with Crippen LogP contribution in [0, 0.1) is 12.8 Å². The van der Waals surface area contributed by atoms with Crippen LogP contribution in [-0.4, -0.2) is 26.4 Å². The van der Waals surface area contributed by atoms with Crippen LogP contribution in [-0.2, 0) is 11.3 Å². The zero-order valence-electron chi connectivity index (χ0n) is 19.7. The standard InChI is InChI=1S/C28H29N3O3S/c1-18-3-2-4-20(13-18)15-29-27(34)24-16-31-17-25(35-28(31)30-24)23-11-9-22(10-12-23)21-7-5-19(6-8-21)14-26(32)33/h2-4,9-13,16-17,19,21H,5-8,14-15H2,1H3,(H,29,34)(H,32,33). The molecule has 5 rings (SSSR count). The van der Waals surface area contributed by atoms with Crippen LogP contribution in [0.15, 0.2) is 60.9 Å². The quantitative estimate of drug-likeness (QED) is 0.332. The summed E-state index contributed by atoms with van der Waals surface area (Å²) < 4.78 is 1.92. The lowest BCUT2D eigenvalue weighted by molar-refractivity contribution is -0.138. The van der Waals surface area contributed by atoms with Gasteiger partial charge in [-0.2, -0.15) is 0 Å². The third-order valence-corrected chi connectivity index (χ3v) is 7.95. The summed E-state index contributed by atoms with van der Waals surface area (Å²) in [6, 6.07) is 16.8. The minimum atomic E-state index is -0.685. The number of fused-ring (bicyclic) bond motifs is 1. The number of carboxylic acids is 1. The van der Waals surface area contributed by atoms with Gasteiger partial charge in [0.2, 0.25) is 0 Å². The van der Waals surface area contributed by atoms with Crippen LogP contribution >= 0.6 is 11.3 Å². The molecule has 180 valence electrons. The van der Waals surface area contributed by atoms with Gasteiger partial charge in [0, 0.05) is 25.4 Å². The van der Waals surface area contributed by atoms with Gasteiger partial charge in [0.25, 0.3) is 5.91 Å². The first kappa shape index (κ1) is 23.3. The second kappa shape index (κ2) is 10.0. The van der Waals surface area contributed by atoms with E-state index in [1.54, 1.807) is 17.5 Å². The van der Waals surface area contributed by atoms with E-state index in [0.717, 1.165) is 46.6 Å². The molecular formula is C28H29N3O3S. The number of thiazole rings is 1. The molecule has 2 N–H and O–H groups in total. The molecule has 0 saturated heterocycles. The number of carbonyl (C=O) groups excluding carboxylic acids is 1. The van der Waals surface area contributed by atoms with Crippen LogP contribution in [0.4, 0.5) is 0 Å². The molecule has 0 unspecified atom stereocenters. The second-order valence-corrected chi connectivity index (χ2v) is 10.5. The molecule has 2 aromatic heterocycles. The highest BCUT2D eigenvalue weighted by atomic mass is 32.1. The summed E-state index contributed by atoms with van der Waals surface area (Å²) in [5.74, 6) is -0.0306. The van der Waals surface area contributed by atoms with Crippen LogP contribution in [0.5, 0.6) is 0 Å². The summed E-state index contributed by atoms with van der Waals surface area (Å²) in [6.07, 6.45) is 8.18. The highest BCUT2D eigenvalue weighted by Crippen LogP contribution is 2.38. The third-order valence-electron chi connectivity index (χ3n) is 6.90. The molecule has 1 aliphatic rings. The van der Waals surface area contributed by atoms with Gasteiger partial charge in [-0.3, -0.25) is 14.0 Å². The number of carboxylic acid groups (broad SMARTS) is 1. The number of nitrogens with one attached hydrogen (secondary N) is 1. The maximum Gasteiger partial charge on any atom is 0.303 e. The molecule has 7 heteroatoms. The first-order valence-electron chi connectivity index (χ1n) is 12.1. The van der Waals surface area contributed by atoms with E-state index in [2.05, 4.69) is 40.6 Å². The maximum atomic E-state index is 12.6. The number of benzene rings is 2. The third kappa shape index (κ3) is 5.46. The summed E-state index contributed by atoms with van der Waals surface area (Å²) in [5.41, 5.74) is 5.12. The van der Waals surface area contributed by atoms with Crippen molar-refractivity contribution >= 4 is 28.2 Å². The Kier molecular flexibility index (Phi) is 6.68. The van der Waals surface area contributed by atoms with Gasteiger partial charge >= 0.3 is 5.97 Å². The van der Waals surface area contributed by atoms with Crippen molar-refractivity contribution in [3.63, 3.8) is 0 Å². The Bertz CT molecular complexity index is 1320. The van der Waals surface area contributed by atoms with Crippen molar-refractivity contribution in [2.45, 2.75) is 51.5 Å². The lowest BCUT2D eigenvalue weighted by Gasteiger charge is -2.28. The van der Waals surface area contributed by atoms with Gasteiger partial charge in [-0.1, -0.05) is 65.4 Å². The Morgan fingerprint density at radius 1 is 1.09 bits per heavy atom. The maximum absolute atomic E-state index is 12.6. The molecule has 1 amide bonds. The van der Waals surface area contributed by atoms with Gasteiger partial charge in [-0.15, -0.1) is 0 Å². The van der Waals surface area contributed by atoms with Gasteiger partial charge in [-0.05, 0) is 61.1 Å². The van der Waals surface area contributed by atoms with Crippen LogP contribution < -0.4 is 5.32 Å². The average Bonchev–Trinajstić information content (AvgIpc) is 3.43. The highest BCUT2D eigenvalue weighted by Gasteiger charge is 2.24. The predicted octanol–water partition coefficient (Wildman–Crippen LogP) is 6.05. The summed E-state index contributed by atoms with van der Waals surface area (Å²) in [4.78, 5) is 30.0. The van der Waals surface area contributed by atoms with E-state index < -0.39 is 5.97 Å². The highest BCUT2D eigenvalue weighted by molar-refractivity contribution is 7.20. The topological polar surface area (TPSA) is 83.7 Å². The van der Waals surface area contributed by atoms with Gasteiger partial charge in [-0.25, -0.2) is 4.98 Å². The Hall–Kier alpha value is -3.45. The van der Waals surface area contributed by atoms with Gasteiger partial charge in [0.1, 0.15) is 5.69 Å². The molecule has 0 spiro atoms. The second-order valence-electron chi connectivity index (χ2n) is 9.52. The summed E-state index contributed by atoms with van der Waals surface area (Å²) in [5, 5.41) is 12.0. The molecule has 6 nitrogen and oxygen atoms in total. The molecule has 1 aliphatic carbocycles. The van der Waals surface area contributed by atoms with E-state index in [1.165, 1.54) is 11.1 Å². The SMILES string of the molecule is Cc1cccc(CNC(=O)c2cn3cc(-c4ccc(C5CCC(CC(=O)O)CC5)cc4)sc3n2)c1. The van der Waals surface area contributed by atoms with Crippen LogP contribution in [0.3, 0.4) is 0 Å². The van der Waals surface area contributed by atoms with E-state index in [-0.39, 0.29) is 5.91 Å². The minimum absolute atomic E-state index is 0.175. The molecular weight excluding hydrogens is 458 g/mol. The zero-order valence-corrected chi connectivity index (χ0v) is 20.6. The molecule has 2 heterocycles. The Balaban J connectivity index is 1.21. The summed E-state index contributed by atoms with van der Waals surface area (Å²) in [6.45, 7) is 2.51. The molecule has 0 atom stereocenters. The minimum Gasteiger partial charge on any atom is -0.481 e.